The highest BCUT2D eigenvalue weighted by molar-refractivity contribution is 6.08. The van der Waals surface area contributed by atoms with Gasteiger partial charge >= 0.3 is 0 Å². The Kier molecular flexibility index (Phi) is 3.46. The predicted octanol–water partition coefficient (Wildman–Crippen LogP) is 7.47. The van der Waals surface area contributed by atoms with Crippen molar-refractivity contribution in [2.45, 2.75) is 63.7 Å². The zero-order valence-electron chi connectivity index (χ0n) is 20.8. The van der Waals surface area contributed by atoms with Crippen molar-refractivity contribution in [3.63, 3.8) is 0 Å². The molecular formula is C33H32NO+. The Balaban J connectivity index is 1.33. The molecule has 1 aliphatic heterocycles. The number of rotatable bonds is 1. The van der Waals surface area contributed by atoms with Gasteiger partial charge in [0.2, 0.25) is 5.69 Å². The zero-order valence-corrected chi connectivity index (χ0v) is 20.8. The molecule has 35 heavy (non-hydrogen) atoms. The molecule has 5 aliphatic carbocycles. The first-order valence-electron chi connectivity index (χ1n) is 13.8. The van der Waals surface area contributed by atoms with Gasteiger partial charge in [0.1, 0.15) is 18.5 Å². The molecule has 0 N–H and O–H groups in total. The van der Waals surface area contributed by atoms with Crippen molar-refractivity contribution >= 4 is 21.5 Å². The number of aryl methyl sites for hydroxylation is 4. The minimum atomic E-state index is 0.379. The van der Waals surface area contributed by atoms with Gasteiger partial charge in [-0.2, -0.15) is 0 Å². The third-order valence-corrected chi connectivity index (χ3v) is 10.7. The summed E-state index contributed by atoms with van der Waals surface area (Å²) in [5.74, 6) is 5.09. The summed E-state index contributed by atoms with van der Waals surface area (Å²) in [5.41, 5.74) is 8.88. The first-order chi connectivity index (χ1) is 17.1. The molecule has 4 fully saturated rings. The smallest absolute Gasteiger partial charge is 0.228 e. The van der Waals surface area contributed by atoms with Gasteiger partial charge in [-0.05, 0) is 126 Å². The SMILES string of the molecule is Cc1c2c(c3c4c(cccc14)CC3)Oc1cc(C34CC5CC(CC(C5)C3)C4)cc3cc[n+](C)c-2c13. The average Bonchev–Trinajstić information content (AvgIpc) is 3.28. The van der Waals surface area contributed by atoms with E-state index in [0.29, 0.717) is 5.41 Å². The molecular weight excluding hydrogens is 426 g/mol. The third kappa shape index (κ3) is 2.35. The minimum Gasteiger partial charge on any atom is -0.455 e. The van der Waals surface area contributed by atoms with Gasteiger partial charge in [-0.15, -0.1) is 0 Å². The Morgan fingerprint density at radius 3 is 2.46 bits per heavy atom. The first kappa shape index (κ1) is 19.3. The predicted molar refractivity (Wildman–Crippen MR) is 140 cm³/mol. The first-order valence-corrected chi connectivity index (χ1v) is 13.8. The van der Waals surface area contributed by atoms with Crippen LogP contribution in [0.3, 0.4) is 0 Å². The Morgan fingerprint density at radius 2 is 1.69 bits per heavy atom. The molecule has 2 heteroatoms. The van der Waals surface area contributed by atoms with Crippen LogP contribution < -0.4 is 9.30 Å². The highest BCUT2D eigenvalue weighted by Gasteiger charge is 2.52. The second-order valence-electron chi connectivity index (χ2n) is 12.7. The minimum absolute atomic E-state index is 0.379. The van der Waals surface area contributed by atoms with Crippen LogP contribution in [0.25, 0.3) is 32.8 Å². The van der Waals surface area contributed by atoms with Crippen LogP contribution >= 0.6 is 0 Å². The molecule has 4 aromatic rings. The van der Waals surface area contributed by atoms with Crippen molar-refractivity contribution < 1.29 is 9.30 Å². The van der Waals surface area contributed by atoms with E-state index in [2.05, 4.69) is 61.1 Å². The maximum Gasteiger partial charge on any atom is 0.228 e. The Bertz CT molecular complexity index is 1590. The standard InChI is InChI=1S/C33H32NO/c1-18-25-5-3-4-22-6-7-26(29(22)25)32-28(18)31-30-23(8-9-34(31)2)13-24(14-27(30)35-32)33-15-19-10-20(16-33)12-21(11-19)17-33/h3-5,8-9,13-14,19-21H,6-7,10-12,15-17H2,1-2H3/q+1. The number of hydrogen-bond donors (Lipinski definition) is 0. The zero-order chi connectivity index (χ0) is 23.1. The molecule has 6 aliphatic rings. The van der Waals surface area contributed by atoms with E-state index in [0.717, 1.165) is 42.1 Å². The Labute approximate surface area is 206 Å². The average molecular weight is 459 g/mol. The van der Waals surface area contributed by atoms with Crippen LogP contribution in [0.15, 0.2) is 42.6 Å². The fourth-order valence-electron chi connectivity index (χ4n) is 9.67. The highest BCUT2D eigenvalue weighted by atomic mass is 16.5. The fraction of sp³-hybridized carbons (Fsp3) is 0.424. The van der Waals surface area contributed by atoms with Gasteiger partial charge in [-0.25, -0.2) is 4.57 Å². The summed E-state index contributed by atoms with van der Waals surface area (Å²) in [6.45, 7) is 2.30. The van der Waals surface area contributed by atoms with Crippen molar-refractivity contribution in [1.29, 1.82) is 0 Å². The second-order valence-corrected chi connectivity index (χ2v) is 12.7. The maximum absolute atomic E-state index is 7.04. The van der Waals surface area contributed by atoms with E-state index in [-0.39, 0.29) is 0 Å². The van der Waals surface area contributed by atoms with Crippen LogP contribution in [0.4, 0.5) is 0 Å². The molecule has 0 unspecified atom stereocenters. The summed E-state index contributed by atoms with van der Waals surface area (Å²) < 4.78 is 9.37. The molecule has 1 aromatic heterocycles. The lowest BCUT2D eigenvalue weighted by Crippen LogP contribution is -2.48. The van der Waals surface area contributed by atoms with Gasteiger partial charge in [-0.1, -0.05) is 18.2 Å². The van der Waals surface area contributed by atoms with E-state index in [1.165, 1.54) is 88.0 Å². The van der Waals surface area contributed by atoms with E-state index >= 15 is 0 Å². The lowest BCUT2D eigenvalue weighted by Gasteiger charge is -2.57. The van der Waals surface area contributed by atoms with Gasteiger partial charge in [0.25, 0.3) is 0 Å². The van der Waals surface area contributed by atoms with Gasteiger partial charge in [0, 0.05) is 11.6 Å². The maximum atomic E-state index is 7.04. The summed E-state index contributed by atoms with van der Waals surface area (Å²) in [6, 6.07) is 14.2. The number of ether oxygens (including phenoxy) is 1. The molecule has 4 bridgehead atoms. The van der Waals surface area contributed by atoms with Gasteiger partial charge in [0.15, 0.2) is 6.20 Å². The van der Waals surface area contributed by atoms with E-state index in [1.54, 1.807) is 5.56 Å². The van der Waals surface area contributed by atoms with E-state index in [4.69, 9.17) is 4.74 Å². The molecule has 4 saturated carbocycles. The molecule has 0 atom stereocenters. The molecule has 10 rings (SSSR count). The van der Waals surface area contributed by atoms with E-state index in [1.807, 2.05) is 0 Å². The summed E-state index contributed by atoms with van der Waals surface area (Å²) in [4.78, 5) is 0. The van der Waals surface area contributed by atoms with Gasteiger partial charge in [0.05, 0.1) is 10.9 Å². The molecule has 0 spiro atoms. The number of fused-ring (bicyclic) bond motifs is 3. The normalized spacial score (nSPS) is 29.1. The quantitative estimate of drug-likeness (QED) is 0.238. The van der Waals surface area contributed by atoms with Gasteiger partial charge in [-0.3, -0.25) is 0 Å². The number of pyridine rings is 1. The Morgan fingerprint density at radius 1 is 0.914 bits per heavy atom. The van der Waals surface area contributed by atoms with Gasteiger partial charge < -0.3 is 4.74 Å². The van der Waals surface area contributed by atoms with Crippen molar-refractivity contribution in [3.05, 3.63) is 64.8 Å². The molecule has 0 saturated heterocycles. The number of aromatic nitrogens is 1. The fourth-order valence-corrected chi connectivity index (χ4v) is 9.67. The molecule has 2 heterocycles. The lowest BCUT2D eigenvalue weighted by molar-refractivity contribution is -0.659. The molecule has 0 radical (unpaired) electrons. The van der Waals surface area contributed by atoms with Crippen molar-refractivity contribution in [2.75, 3.05) is 0 Å². The van der Waals surface area contributed by atoms with Crippen molar-refractivity contribution in [2.24, 2.45) is 24.8 Å². The molecule has 0 amide bonds. The third-order valence-electron chi connectivity index (χ3n) is 10.7. The molecule has 3 aromatic carbocycles. The number of hydrogen-bond acceptors (Lipinski definition) is 1. The number of nitrogens with zero attached hydrogens (tertiary/aromatic N) is 1. The highest BCUT2D eigenvalue weighted by Crippen LogP contribution is 2.62. The van der Waals surface area contributed by atoms with E-state index in [9.17, 15) is 0 Å². The van der Waals surface area contributed by atoms with Crippen LogP contribution in [0.2, 0.25) is 0 Å². The second kappa shape index (κ2) is 6.27. The van der Waals surface area contributed by atoms with Crippen LogP contribution in [-0.4, -0.2) is 0 Å². The molecule has 2 nitrogen and oxygen atoms in total. The summed E-state index contributed by atoms with van der Waals surface area (Å²) in [6.07, 6.45) is 13.1. The number of benzene rings is 3. The topological polar surface area (TPSA) is 13.1 Å². The summed E-state index contributed by atoms with van der Waals surface area (Å²) in [5, 5.41) is 5.53. The lowest BCUT2D eigenvalue weighted by atomic mass is 9.48. The van der Waals surface area contributed by atoms with Crippen molar-refractivity contribution in [1.82, 2.24) is 0 Å². The summed E-state index contributed by atoms with van der Waals surface area (Å²) in [7, 11) is 2.21. The van der Waals surface area contributed by atoms with Crippen LogP contribution in [0, 0.1) is 24.7 Å². The molecule has 174 valence electrons. The van der Waals surface area contributed by atoms with Crippen LogP contribution in [-0.2, 0) is 25.3 Å². The van der Waals surface area contributed by atoms with Crippen LogP contribution in [0.5, 0.6) is 11.5 Å². The summed E-state index contributed by atoms with van der Waals surface area (Å²) >= 11 is 0. The Hall–Kier alpha value is -2.87. The largest absolute Gasteiger partial charge is 0.455 e. The van der Waals surface area contributed by atoms with Crippen molar-refractivity contribution in [3.8, 4) is 22.8 Å². The van der Waals surface area contributed by atoms with E-state index < -0.39 is 0 Å². The monoisotopic (exact) mass is 458 g/mol. The van der Waals surface area contributed by atoms with Crippen LogP contribution in [0.1, 0.15) is 60.8 Å².